The molecule has 0 radical (unpaired) electrons. The highest BCUT2D eigenvalue weighted by molar-refractivity contribution is 7.99. The van der Waals surface area contributed by atoms with Gasteiger partial charge in [0.25, 0.3) is 0 Å². The number of nitrogens with zero attached hydrogens (tertiary/aromatic N) is 2. The van der Waals surface area contributed by atoms with Crippen LogP contribution in [0.15, 0.2) is 60.0 Å². The highest BCUT2D eigenvalue weighted by Gasteiger charge is 2.15. The van der Waals surface area contributed by atoms with Crippen LogP contribution in [0, 0.1) is 6.92 Å². The number of thioether (sulfide) groups is 1. The Morgan fingerprint density at radius 1 is 1.16 bits per heavy atom. The smallest absolute Gasteiger partial charge is 0.230 e. The summed E-state index contributed by atoms with van der Waals surface area (Å²) >= 11 is 1.41. The molecule has 1 aromatic heterocycles. The summed E-state index contributed by atoms with van der Waals surface area (Å²) in [6, 6.07) is 13.6. The maximum Gasteiger partial charge on any atom is 0.230 e. The summed E-state index contributed by atoms with van der Waals surface area (Å²) in [5, 5.41) is 3.82. The molecule has 0 aliphatic rings. The topological polar surface area (TPSA) is 74.6 Å². The number of methoxy groups -OCH3 is 2. The van der Waals surface area contributed by atoms with Crippen LogP contribution in [0.2, 0.25) is 0 Å². The Bertz CT molecular complexity index is 1040. The number of nitrogens with one attached hydrogen (secondary N) is 1. The zero-order valence-electron chi connectivity index (χ0n) is 18.8. The minimum atomic E-state index is -0.180. The lowest BCUT2D eigenvalue weighted by molar-refractivity contribution is -0.119. The number of carbonyl (C=O) groups excluding carboxylic acids is 1. The molecule has 3 aromatic rings. The van der Waals surface area contributed by atoms with E-state index < -0.39 is 0 Å². The van der Waals surface area contributed by atoms with Crippen molar-refractivity contribution in [2.75, 3.05) is 33.2 Å². The average Bonchev–Trinajstić information content (AvgIpc) is 3.26. The second kappa shape index (κ2) is 11.6. The summed E-state index contributed by atoms with van der Waals surface area (Å²) in [5.41, 5.74) is 3.14. The number of imidazole rings is 1. The second-order valence-corrected chi connectivity index (χ2v) is 8.14. The van der Waals surface area contributed by atoms with Crippen LogP contribution in [0.1, 0.15) is 24.1 Å². The maximum atomic E-state index is 12.6. The summed E-state index contributed by atoms with van der Waals surface area (Å²) in [7, 11) is 3.22. The SMILES string of the molecule is COCCOc1ccc(C(C)NC(=O)CSc2nccn2-c2ccccc2C)cc1OC. The van der Waals surface area contributed by atoms with Crippen molar-refractivity contribution in [3.8, 4) is 17.2 Å². The van der Waals surface area contributed by atoms with Crippen molar-refractivity contribution in [2.24, 2.45) is 0 Å². The van der Waals surface area contributed by atoms with E-state index in [1.807, 2.05) is 54.1 Å². The third-order valence-electron chi connectivity index (χ3n) is 4.92. The Balaban J connectivity index is 1.59. The summed E-state index contributed by atoms with van der Waals surface area (Å²) < 4.78 is 18.1. The molecule has 2 aromatic carbocycles. The molecular formula is C24H29N3O4S. The molecule has 3 rings (SSSR count). The number of aromatic nitrogens is 2. The summed E-state index contributed by atoms with van der Waals surface area (Å²) in [6.07, 6.45) is 3.66. The molecular weight excluding hydrogens is 426 g/mol. The quantitative estimate of drug-likeness (QED) is 0.345. The van der Waals surface area contributed by atoms with Crippen molar-refractivity contribution in [1.82, 2.24) is 14.9 Å². The van der Waals surface area contributed by atoms with Crippen molar-refractivity contribution in [3.63, 3.8) is 0 Å². The van der Waals surface area contributed by atoms with Crippen LogP contribution in [0.25, 0.3) is 5.69 Å². The number of hydrogen-bond donors (Lipinski definition) is 1. The van der Waals surface area contributed by atoms with E-state index in [0.717, 1.165) is 22.0 Å². The highest BCUT2D eigenvalue weighted by Crippen LogP contribution is 2.30. The van der Waals surface area contributed by atoms with Gasteiger partial charge in [0.2, 0.25) is 5.91 Å². The third kappa shape index (κ3) is 6.05. The number of hydrogen-bond acceptors (Lipinski definition) is 6. The predicted molar refractivity (Wildman–Crippen MR) is 126 cm³/mol. The number of aryl methyl sites for hydroxylation is 1. The monoisotopic (exact) mass is 455 g/mol. The van der Waals surface area contributed by atoms with E-state index >= 15 is 0 Å². The Morgan fingerprint density at radius 2 is 1.97 bits per heavy atom. The van der Waals surface area contributed by atoms with Gasteiger partial charge in [-0.1, -0.05) is 36.0 Å². The first-order valence-corrected chi connectivity index (χ1v) is 11.3. The van der Waals surface area contributed by atoms with Gasteiger partial charge in [-0.3, -0.25) is 9.36 Å². The number of para-hydroxylation sites is 1. The molecule has 0 saturated heterocycles. The zero-order chi connectivity index (χ0) is 22.9. The van der Waals surface area contributed by atoms with Gasteiger partial charge in [0, 0.05) is 19.5 Å². The van der Waals surface area contributed by atoms with Gasteiger partial charge in [0.05, 0.1) is 31.2 Å². The van der Waals surface area contributed by atoms with E-state index in [-0.39, 0.29) is 17.7 Å². The molecule has 170 valence electrons. The Morgan fingerprint density at radius 3 is 2.72 bits per heavy atom. The first kappa shape index (κ1) is 23.7. The number of ether oxygens (including phenoxy) is 3. The Kier molecular flexibility index (Phi) is 8.58. The van der Waals surface area contributed by atoms with E-state index in [4.69, 9.17) is 14.2 Å². The lowest BCUT2D eigenvalue weighted by Crippen LogP contribution is -2.28. The fourth-order valence-corrected chi connectivity index (χ4v) is 4.00. The molecule has 0 aliphatic heterocycles. The largest absolute Gasteiger partial charge is 0.493 e. The van der Waals surface area contributed by atoms with Gasteiger partial charge in [-0.15, -0.1) is 0 Å². The fraction of sp³-hybridized carbons (Fsp3) is 0.333. The van der Waals surface area contributed by atoms with Crippen molar-refractivity contribution in [2.45, 2.75) is 25.0 Å². The van der Waals surface area contributed by atoms with Gasteiger partial charge >= 0.3 is 0 Å². The molecule has 1 amide bonds. The van der Waals surface area contributed by atoms with Crippen LogP contribution >= 0.6 is 11.8 Å². The van der Waals surface area contributed by atoms with Gasteiger partial charge in [0.1, 0.15) is 6.61 Å². The number of carbonyl (C=O) groups is 1. The molecule has 0 spiro atoms. The van der Waals surface area contributed by atoms with Gasteiger partial charge in [-0.25, -0.2) is 4.98 Å². The standard InChI is InChI=1S/C24H29N3O4S/c1-17-7-5-6-8-20(17)27-12-11-25-24(27)32-16-23(28)26-18(2)19-9-10-21(22(15-19)30-4)31-14-13-29-3/h5-12,15,18H,13-14,16H2,1-4H3,(H,26,28). The average molecular weight is 456 g/mol. The summed E-state index contributed by atoms with van der Waals surface area (Å²) in [5.74, 6) is 1.46. The molecule has 0 fully saturated rings. The second-order valence-electron chi connectivity index (χ2n) is 7.20. The maximum absolute atomic E-state index is 12.6. The summed E-state index contributed by atoms with van der Waals surface area (Å²) in [6.45, 7) is 4.93. The number of amides is 1. The number of rotatable bonds is 11. The first-order valence-electron chi connectivity index (χ1n) is 10.3. The van der Waals surface area contributed by atoms with Crippen LogP contribution in [0.5, 0.6) is 11.5 Å². The van der Waals surface area contributed by atoms with Crippen LogP contribution in [0.3, 0.4) is 0 Å². The van der Waals surface area contributed by atoms with E-state index in [9.17, 15) is 4.79 Å². The highest BCUT2D eigenvalue weighted by atomic mass is 32.2. The predicted octanol–water partition coefficient (Wildman–Crippen LogP) is 4.18. The summed E-state index contributed by atoms with van der Waals surface area (Å²) in [4.78, 5) is 17.0. The first-order chi connectivity index (χ1) is 15.5. The van der Waals surface area contributed by atoms with Crippen LogP contribution in [-0.4, -0.2) is 48.6 Å². The Hall–Kier alpha value is -2.97. The van der Waals surface area contributed by atoms with Crippen LogP contribution in [-0.2, 0) is 9.53 Å². The minimum absolute atomic E-state index is 0.0683. The van der Waals surface area contributed by atoms with E-state index in [0.29, 0.717) is 24.7 Å². The normalized spacial score (nSPS) is 11.8. The lowest BCUT2D eigenvalue weighted by atomic mass is 10.1. The molecule has 0 bridgehead atoms. The van der Waals surface area contributed by atoms with Crippen molar-refractivity contribution in [3.05, 3.63) is 66.0 Å². The van der Waals surface area contributed by atoms with E-state index in [2.05, 4.69) is 23.3 Å². The third-order valence-corrected chi connectivity index (χ3v) is 5.89. The zero-order valence-corrected chi connectivity index (χ0v) is 19.6. The molecule has 0 saturated carbocycles. The molecule has 1 atom stereocenters. The molecule has 1 heterocycles. The molecule has 32 heavy (non-hydrogen) atoms. The number of benzene rings is 2. The van der Waals surface area contributed by atoms with Gasteiger partial charge in [-0.2, -0.15) is 0 Å². The molecule has 8 heteroatoms. The van der Waals surface area contributed by atoms with E-state index in [1.54, 1.807) is 20.4 Å². The Labute approximate surface area is 193 Å². The minimum Gasteiger partial charge on any atom is -0.493 e. The van der Waals surface area contributed by atoms with Crippen molar-refractivity contribution < 1.29 is 19.0 Å². The molecule has 0 aliphatic carbocycles. The lowest BCUT2D eigenvalue weighted by Gasteiger charge is -2.17. The van der Waals surface area contributed by atoms with Crippen molar-refractivity contribution >= 4 is 17.7 Å². The van der Waals surface area contributed by atoms with Crippen LogP contribution in [0.4, 0.5) is 0 Å². The van der Waals surface area contributed by atoms with Gasteiger partial charge in [0.15, 0.2) is 16.7 Å². The van der Waals surface area contributed by atoms with Crippen LogP contribution < -0.4 is 14.8 Å². The fourth-order valence-electron chi connectivity index (χ4n) is 3.22. The molecule has 7 nitrogen and oxygen atoms in total. The molecule has 1 N–H and O–H groups in total. The van der Waals surface area contributed by atoms with Gasteiger partial charge < -0.3 is 19.5 Å². The molecule has 1 unspecified atom stereocenters. The van der Waals surface area contributed by atoms with Crippen molar-refractivity contribution in [1.29, 1.82) is 0 Å². The van der Waals surface area contributed by atoms with Gasteiger partial charge in [-0.05, 0) is 43.2 Å². The van der Waals surface area contributed by atoms with E-state index in [1.165, 1.54) is 11.8 Å².